The van der Waals surface area contributed by atoms with Gasteiger partial charge in [-0.1, -0.05) is 24.3 Å². The van der Waals surface area contributed by atoms with Crippen LogP contribution >= 0.6 is 0 Å². The predicted octanol–water partition coefficient (Wildman–Crippen LogP) is 1.48. The van der Waals surface area contributed by atoms with Gasteiger partial charge in [-0.3, -0.25) is 0 Å². The van der Waals surface area contributed by atoms with E-state index < -0.39 is 12.6 Å². The summed E-state index contributed by atoms with van der Waals surface area (Å²) in [4.78, 5) is 12.8. The van der Waals surface area contributed by atoms with E-state index in [2.05, 4.69) is 34.8 Å². The van der Waals surface area contributed by atoms with Crippen molar-refractivity contribution in [2.75, 3.05) is 0 Å². The molecule has 3 N–H and O–H groups in total. The molecule has 0 bridgehead atoms. The van der Waals surface area contributed by atoms with Gasteiger partial charge in [-0.2, -0.15) is 8.78 Å². The van der Waals surface area contributed by atoms with Crippen molar-refractivity contribution in [1.29, 1.82) is 0 Å². The highest BCUT2D eigenvalue weighted by Crippen LogP contribution is 2.29. The first-order valence-corrected chi connectivity index (χ1v) is 3.69. The van der Waals surface area contributed by atoms with Crippen LogP contribution in [0, 0.1) is 0 Å². The second kappa shape index (κ2) is 4.52. The van der Waals surface area contributed by atoms with E-state index in [1.165, 1.54) is 16.6 Å². The van der Waals surface area contributed by atoms with Crippen LogP contribution in [0.4, 0.5) is 13.6 Å². The number of amides is 2. The zero-order chi connectivity index (χ0) is 10.6. The number of hydroxylamine groups is 1. The van der Waals surface area contributed by atoms with Gasteiger partial charge in [-0.25, -0.2) is 15.1 Å². The summed E-state index contributed by atoms with van der Waals surface area (Å²) in [6.07, 6.45) is 0. The van der Waals surface area contributed by atoms with E-state index in [0.717, 1.165) is 0 Å². The van der Waals surface area contributed by atoms with Gasteiger partial charge in [0.2, 0.25) is 0 Å². The van der Waals surface area contributed by atoms with Gasteiger partial charge in [-0.05, 0) is 11.1 Å². The fourth-order valence-corrected chi connectivity index (χ4v) is 0.765. The molecule has 0 aromatic rings. The van der Waals surface area contributed by atoms with E-state index >= 15 is 0 Å². The Morgan fingerprint density at radius 3 is 1.79 bits per heavy atom. The number of urea groups is 1. The third-order valence-electron chi connectivity index (χ3n) is 1.47. The highest BCUT2D eigenvalue weighted by atomic mass is 19.3. The summed E-state index contributed by atoms with van der Waals surface area (Å²) in [6.45, 7) is -3.03. The van der Waals surface area contributed by atoms with Crippen molar-refractivity contribution in [2.45, 2.75) is 6.61 Å². The lowest BCUT2D eigenvalue weighted by Gasteiger charge is -2.10. The molecule has 0 aromatic carbocycles. The Morgan fingerprint density at radius 2 is 1.71 bits per heavy atom. The van der Waals surface area contributed by atoms with Crippen LogP contribution in [-0.4, -0.2) is 12.6 Å². The van der Waals surface area contributed by atoms with Crippen molar-refractivity contribution in [3.8, 4) is 11.1 Å². The molecule has 6 heteroatoms. The summed E-state index contributed by atoms with van der Waals surface area (Å²) in [6, 6.07) is 7.33. The highest BCUT2D eigenvalue weighted by Gasteiger charge is 2.04. The number of rotatable bonds is 2. The van der Waals surface area contributed by atoms with E-state index in [9.17, 15) is 13.6 Å². The lowest BCUT2D eigenvalue weighted by molar-refractivity contribution is -0.158. The number of halogens is 2. The average Bonchev–Trinajstić information content (AvgIpc) is 2.09. The minimum atomic E-state index is -3.03. The molecular weight excluding hydrogens is 194 g/mol. The number of primary amides is 1. The molecule has 14 heavy (non-hydrogen) atoms. The Labute approximate surface area is 78.6 Å². The van der Waals surface area contributed by atoms with Crippen molar-refractivity contribution in [3.05, 3.63) is 24.3 Å². The number of nitrogens with two attached hydrogens (primary N) is 1. The van der Waals surface area contributed by atoms with Gasteiger partial charge in [0.15, 0.2) is 0 Å². The fraction of sp³-hybridized carbons (Fsp3) is 0.125. The van der Waals surface area contributed by atoms with Gasteiger partial charge >= 0.3 is 12.6 Å². The van der Waals surface area contributed by atoms with Crippen molar-refractivity contribution in [3.63, 3.8) is 0 Å². The van der Waals surface area contributed by atoms with Gasteiger partial charge < -0.3 is 5.73 Å². The van der Waals surface area contributed by atoms with Crippen LogP contribution in [0.3, 0.4) is 0 Å². The van der Waals surface area contributed by atoms with Crippen LogP contribution in [0.2, 0.25) is 0 Å². The van der Waals surface area contributed by atoms with Crippen LogP contribution in [0.15, 0.2) is 24.3 Å². The lowest BCUT2D eigenvalue weighted by atomic mass is 9.95. The molecule has 2 aliphatic carbocycles. The number of hydrogen-bond acceptors (Lipinski definition) is 2. The monoisotopic (exact) mass is 202 g/mol. The molecule has 2 rings (SSSR count). The maximum absolute atomic E-state index is 10.9. The van der Waals surface area contributed by atoms with E-state index in [1.807, 2.05) is 0 Å². The zero-order valence-corrected chi connectivity index (χ0v) is 7.04. The number of carbonyl (C=O) groups is 1. The molecule has 0 unspecified atom stereocenters. The van der Waals surface area contributed by atoms with Crippen molar-refractivity contribution in [1.82, 2.24) is 5.48 Å². The van der Waals surface area contributed by atoms with E-state index in [-0.39, 0.29) is 0 Å². The quantitative estimate of drug-likeness (QED) is 0.724. The molecule has 0 aromatic heterocycles. The maximum atomic E-state index is 10.9. The first-order valence-electron chi connectivity index (χ1n) is 3.69. The number of alkyl halides is 2. The lowest BCUT2D eigenvalue weighted by Crippen LogP contribution is -2.31. The number of benzene rings is 1. The van der Waals surface area contributed by atoms with Crippen molar-refractivity contribution in [2.24, 2.45) is 5.73 Å². The molecule has 0 atom stereocenters. The molecule has 4 nitrogen and oxygen atoms in total. The topological polar surface area (TPSA) is 64.4 Å². The summed E-state index contributed by atoms with van der Waals surface area (Å²) < 4.78 is 21.8. The zero-order valence-electron chi connectivity index (χ0n) is 7.04. The number of carbonyl (C=O) groups excluding carboxylic acids is 1. The van der Waals surface area contributed by atoms with E-state index in [0.29, 0.717) is 0 Å². The van der Waals surface area contributed by atoms with Crippen LogP contribution in [0.25, 0.3) is 11.1 Å². The molecule has 0 radical (unpaired) electrons. The van der Waals surface area contributed by atoms with Gasteiger partial charge in [0.25, 0.3) is 0 Å². The Kier molecular flexibility index (Phi) is 3.35. The molecule has 0 saturated heterocycles. The Balaban J connectivity index is 0.000000143. The molecule has 0 saturated carbocycles. The van der Waals surface area contributed by atoms with Gasteiger partial charge in [0, 0.05) is 0 Å². The van der Waals surface area contributed by atoms with Crippen molar-refractivity contribution >= 4 is 6.03 Å². The Bertz CT molecular complexity index is 293. The average molecular weight is 202 g/mol. The third-order valence-corrected chi connectivity index (χ3v) is 1.47. The summed E-state index contributed by atoms with van der Waals surface area (Å²) >= 11 is 0. The van der Waals surface area contributed by atoms with E-state index in [4.69, 9.17) is 0 Å². The van der Waals surface area contributed by atoms with Crippen LogP contribution in [-0.2, 0) is 4.84 Å². The molecular formula is C8H8F2N2O2. The second-order valence-electron chi connectivity index (χ2n) is 2.42. The first kappa shape index (κ1) is 10.4. The van der Waals surface area contributed by atoms with Crippen LogP contribution < -0.4 is 11.2 Å². The minimum absolute atomic E-state index is 1.15. The largest absolute Gasteiger partial charge is 0.364 e. The number of nitrogens with one attached hydrogen (secondary N) is 1. The van der Waals surface area contributed by atoms with E-state index in [1.54, 1.807) is 0 Å². The summed E-state index contributed by atoms with van der Waals surface area (Å²) in [5.74, 6) is 0. The normalized spacial score (nSPS) is 10.2. The molecule has 0 aliphatic heterocycles. The summed E-state index contributed by atoms with van der Waals surface area (Å²) in [7, 11) is 0. The molecule has 76 valence electrons. The summed E-state index contributed by atoms with van der Waals surface area (Å²) in [5, 5.41) is 0. The van der Waals surface area contributed by atoms with Gasteiger partial charge in [0.1, 0.15) is 0 Å². The fourth-order valence-electron chi connectivity index (χ4n) is 0.765. The smallest absolute Gasteiger partial charge is 0.350 e. The minimum Gasteiger partial charge on any atom is -0.350 e. The molecule has 0 spiro atoms. The molecule has 2 amide bonds. The van der Waals surface area contributed by atoms with Crippen LogP contribution in [0.1, 0.15) is 0 Å². The second-order valence-corrected chi connectivity index (χ2v) is 2.42. The highest BCUT2D eigenvalue weighted by molar-refractivity contribution is 5.75. The van der Waals surface area contributed by atoms with Gasteiger partial charge in [0.05, 0.1) is 0 Å². The molecule has 0 heterocycles. The SMILES string of the molecule is NC(=O)NOC(F)F.c1cc2ccc1-2. The predicted molar refractivity (Wildman–Crippen MR) is 45.2 cm³/mol. The third kappa shape index (κ3) is 2.98. The Morgan fingerprint density at radius 1 is 1.29 bits per heavy atom. The summed E-state index contributed by atoms with van der Waals surface area (Å²) in [5.41, 5.74) is 8.42. The van der Waals surface area contributed by atoms with Crippen LogP contribution in [0.5, 0.6) is 0 Å². The molecule has 0 fully saturated rings. The molecule has 2 aliphatic rings. The standard InChI is InChI=1S/C6H4.C2H4F2N2O2/c1-2-6-4-3-5(1)6;3-1(4)8-6-2(5)7/h1-4H;1H,(H3,5,6,7). The maximum Gasteiger partial charge on any atom is 0.364 e. The van der Waals surface area contributed by atoms with Gasteiger partial charge in [-0.15, -0.1) is 0 Å². The number of fused-ring (bicyclic) bond motifs is 1. The first-order chi connectivity index (χ1) is 6.59. The Hall–Kier alpha value is -1.69. The van der Waals surface area contributed by atoms with Crippen molar-refractivity contribution < 1.29 is 18.4 Å². The number of hydrogen-bond donors (Lipinski definition) is 2.